The minimum absolute atomic E-state index is 0.337. The van der Waals surface area contributed by atoms with E-state index in [2.05, 4.69) is 10.3 Å². The number of likely N-dealkylation sites (tertiary alicyclic amines) is 1. The minimum atomic E-state index is -0.987. The average molecular weight is 356 g/mol. The molecule has 1 fully saturated rings. The molecule has 3 rings (SSSR count). The lowest BCUT2D eigenvalue weighted by Gasteiger charge is -2.33. The number of aryl methyl sites for hydroxylation is 1. The van der Waals surface area contributed by atoms with Crippen molar-refractivity contribution in [1.82, 2.24) is 14.5 Å². The third-order valence-electron chi connectivity index (χ3n) is 4.47. The van der Waals surface area contributed by atoms with Gasteiger partial charge in [0.1, 0.15) is 11.7 Å². The Hall–Kier alpha value is -3.16. The van der Waals surface area contributed by atoms with Gasteiger partial charge in [-0.15, -0.1) is 0 Å². The molecule has 1 aromatic heterocycles. The standard InChI is InChI=1S/C18H20N4O4/c1-21-11-19-10-15(21)16(23)20-13-6-4-5-12(9-13)17(24)22-8-3-2-7-14(22)18(25)26/h4-6,9-11,14H,2-3,7-8H2,1H3,(H,20,23)(H,25,26). The number of piperidine rings is 1. The summed E-state index contributed by atoms with van der Waals surface area (Å²) in [5, 5.41) is 12.1. The van der Waals surface area contributed by atoms with Gasteiger partial charge in [-0.2, -0.15) is 0 Å². The van der Waals surface area contributed by atoms with E-state index in [-0.39, 0.29) is 11.8 Å². The van der Waals surface area contributed by atoms with Gasteiger partial charge in [0.2, 0.25) is 0 Å². The van der Waals surface area contributed by atoms with Crippen LogP contribution in [0.25, 0.3) is 0 Å². The highest BCUT2D eigenvalue weighted by atomic mass is 16.4. The molecule has 1 atom stereocenters. The van der Waals surface area contributed by atoms with Crippen LogP contribution in [0.2, 0.25) is 0 Å². The van der Waals surface area contributed by atoms with Gasteiger partial charge in [-0.1, -0.05) is 6.07 Å². The van der Waals surface area contributed by atoms with Crippen LogP contribution in [0.3, 0.4) is 0 Å². The van der Waals surface area contributed by atoms with Gasteiger partial charge < -0.3 is 19.9 Å². The molecule has 136 valence electrons. The summed E-state index contributed by atoms with van der Waals surface area (Å²) in [6.45, 7) is 0.418. The Bertz CT molecular complexity index is 845. The maximum atomic E-state index is 12.8. The van der Waals surface area contributed by atoms with Crippen molar-refractivity contribution < 1.29 is 19.5 Å². The van der Waals surface area contributed by atoms with E-state index in [4.69, 9.17) is 0 Å². The second-order valence-electron chi connectivity index (χ2n) is 6.27. The largest absolute Gasteiger partial charge is 0.480 e. The zero-order valence-electron chi connectivity index (χ0n) is 14.4. The van der Waals surface area contributed by atoms with Crippen LogP contribution < -0.4 is 5.32 Å². The van der Waals surface area contributed by atoms with E-state index in [0.29, 0.717) is 29.9 Å². The molecule has 1 aromatic carbocycles. The van der Waals surface area contributed by atoms with Crippen molar-refractivity contribution in [2.75, 3.05) is 11.9 Å². The summed E-state index contributed by atoms with van der Waals surface area (Å²) in [7, 11) is 1.71. The third kappa shape index (κ3) is 3.58. The molecule has 1 saturated heterocycles. The molecule has 0 radical (unpaired) electrons. The minimum Gasteiger partial charge on any atom is -0.480 e. The van der Waals surface area contributed by atoms with Crippen LogP contribution in [0.1, 0.15) is 40.1 Å². The second-order valence-corrected chi connectivity index (χ2v) is 6.27. The monoisotopic (exact) mass is 356 g/mol. The van der Waals surface area contributed by atoms with Gasteiger partial charge in [0.05, 0.1) is 12.5 Å². The number of amides is 2. The third-order valence-corrected chi connectivity index (χ3v) is 4.47. The van der Waals surface area contributed by atoms with Crippen molar-refractivity contribution in [3.8, 4) is 0 Å². The Morgan fingerprint density at radius 1 is 1.27 bits per heavy atom. The van der Waals surface area contributed by atoms with Crippen molar-refractivity contribution >= 4 is 23.5 Å². The summed E-state index contributed by atoms with van der Waals surface area (Å²) >= 11 is 0. The van der Waals surface area contributed by atoms with E-state index in [1.54, 1.807) is 35.9 Å². The van der Waals surface area contributed by atoms with Crippen LogP contribution in [0.15, 0.2) is 36.8 Å². The fourth-order valence-electron chi connectivity index (χ4n) is 3.10. The number of imidazole rings is 1. The number of aromatic nitrogens is 2. The number of carbonyl (C=O) groups is 3. The predicted molar refractivity (Wildman–Crippen MR) is 93.9 cm³/mol. The average Bonchev–Trinajstić information content (AvgIpc) is 3.07. The topological polar surface area (TPSA) is 105 Å². The highest BCUT2D eigenvalue weighted by Gasteiger charge is 2.32. The molecule has 2 N–H and O–H groups in total. The molecule has 1 aliphatic heterocycles. The first-order valence-corrected chi connectivity index (χ1v) is 8.39. The van der Waals surface area contributed by atoms with E-state index < -0.39 is 12.0 Å². The van der Waals surface area contributed by atoms with Crippen LogP contribution in [0.4, 0.5) is 5.69 Å². The van der Waals surface area contributed by atoms with Gasteiger partial charge in [0.15, 0.2) is 0 Å². The van der Waals surface area contributed by atoms with Gasteiger partial charge in [-0.3, -0.25) is 9.59 Å². The van der Waals surface area contributed by atoms with Crippen molar-refractivity contribution in [1.29, 1.82) is 0 Å². The van der Waals surface area contributed by atoms with Gasteiger partial charge in [-0.05, 0) is 37.5 Å². The van der Waals surface area contributed by atoms with Crippen LogP contribution in [0.5, 0.6) is 0 Å². The number of benzene rings is 1. The van der Waals surface area contributed by atoms with Crippen molar-refractivity contribution in [3.05, 3.63) is 48.0 Å². The summed E-state index contributed by atoms with van der Waals surface area (Å²) in [6.07, 6.45) is 5.01. The summed E-state index contributed by atoms with van der Waals surface area (Å²) < 4.78 is 1.59. The van der Waals surface area contributed by atoms with Crippen LogP contribution in [-0.2, 0) is 11.8 Å². The Balaban J connectivity index is 1.78. The number of carboxylic acids is 1. The number of hydrogen-bond acceptors (Lipinski definition) is 4. The molecule has 0 spiro atoms. The first-order chi connectivity index (χ1) is 12.5. The summed E-state index contributed by atoms with van der Waals surface area (Å²) in [5.74, 6) is -1.66. The molecule has 2 heterocycles. The number of carboxylic acid groups (broad SMARTS) is 1. The Morgan fingerprint density at radius 2 is 2.08 bits per heavy atom. The summed E-state index contributed by atoms with van der Waals surface area (Å²) in [5.41, 5.74) is 1.20. The molecule has 2 amide bonds. The molecule has 8 heteroatoms. The molecule has 8 nitrogen and oxygen atoms in total. The Morgan fingerprint density at radius 3 is 2.77 bits per heavy atom. The molecular formula is C18H20N4O4. The van der Waals surface area contributed by atoms with E-state index >= 15 is 0 Å². The normalized spacial score (nSPS) is 17.0. The van der Waals surface area contributed by atoms with Crippen LogP contribution in [0, 0.1) is 0 Å². The van der Waals surface area contributed by atoms with E-state index in [0.717, 1.165) is 12.8 Å². The van der Waals surface area contributed by atoms with Crippen LogP contribution in [-0.4, -0.2) is 49.9 Å². The molecule has 1 aliphatic rings. The lowest BCUT2D eigenvalue weighted by atomic mass is 10.0. The highest BCUT2D eigenvalue weighted by molar-refractivity contribution is 6.04. The maximum absolute atomic E-state index is 12.8. The number of hydrogen-bond donors (Lipinski definition) is 2. The quantitative estimate of drug-likeness (QED) is 0.868. The van der Waals surface area contributed by atoms with Gasteiger partial charge >= 0.3 is 5.97 Å². The zero-order chi connectivity index (χ0) is 18.7. The fourth-order valence-corrected chi connectivity index (χ4v) is 3.10. The van der Waals surface area contributed by atoms with Crippen molar-refractivity contribution in [3.63, 3.8) is 0 Å². The Labute approximate surface area is 150 Å². The zero-order valence-corrected chi connectivity index (χ0v) is 14.4. The number of aliphatic carboxylic acids is 1. The maximum Gasteiger partial charge on any atom is 0.326 e. The smallest absolute Gasteiger partial charge is 0.326 e. The number of nitrogens with one attached hydrogen (secondary N) is 1. The summed E-state index contributed by atoms with van der Waals surface area (Å²) in [4.78, 5) is 41.8. The van der Waals surface area contributed by atoms with Gasteiger partial charge in [-0.25, -0.2) is 9.78 Å². The molecule has 1 unspecified atom stereocenters. The van der Waals surface area contributed by atoms with Crippen molar-refractivity contribution in [2.24, 2.45) is 7.05 Å². The van der Waals surface area contributed by atoms with Gasteiger partial charge in [0.25, 0.3) is 11.8 Å². The van der Waals surface area contributed by atoms with Gasteiger partial charge in [0, 0.05) is 24.8 Å². The number of anilines is 1. The molecule has 0 bridgehead atoms. The number of rotatable bonds is 4. The first-order valence-electron chi connectivity index (χ1n) is 8.39. The lowest BCUT2D eigenvalue weighted by molar-refractivity contribution is -0.143. The second kappa shape index (κ2) is 7.38. The molecule has 26 heavy (non-hydrogen) atoms. The molecule has 0 saturated carbocycles. The van der Waals surface area contributed by atoms with E-state index in [9.17, 15) is 19.5 Å². The Kier molecular flexibility index (Phi) is 5.01. The first kappa shape index (κ1) is 17.7. The number of nitrogens with zero attached hydrogens (tertiary/aromatic N) is 3. The van der Waals surface area contributed by atoms with E-state index in [1.807, 2.05) is 0 Å². The number of carbonyl (C=O) groups excluding carboxylic acids is 2. The highest BCUT2D eigenvalue weighted by Crippen LogP contribution is 2.21. The molecular weight excluding hydrogens is 336 g/mol. The predicted octanol–water partition coefficient (Wildman–Crippen LogP) is 1.75. The van der Waals surface area contributed by atoms with Crippen molar-refractivity contribution in [2.45, 2.75) is 25.3 Å². The summed E-state index contributed by atoms with van der Waals surface area (Å²) in [6, 6.07) is 5.71. The van der Waals surface area contributed by atoms with Crippen LogP contribution >= 0.6 is 0 Å². The molecule has 2 aromatic rings. The van der Waals surface area contributed by atoms with E-state index in [1.165, 1.54) is 17.4 Å². The fraction of sp³-hybridized carbons (Fsp3) is 0.333. The lowest BCUT2D eigenvalue weighted by Crippen LogP contribution is -2.48. The SMILES string of the molecule is Cn1cncc1C(=O)Nc1cccc(C(=O)N2CCCCC2C(=O)O)c1. The molecule has 0 aliphatic carbocycles.